The number of aromatic amines is 1. The third kappa shape index (κ3) is 5.64. The van der Waals surface area contributed by atoms with Crippen LogP contribution in [0.5, 0.6) is 0 Å². The Hall–Kier alpha value is -3.22. The molecule has 1 saturated heterocycles. The molecule has 2 aliphatic rings. The van der Waals surface area contributed by atoms with Gasteiger partial charge in [0.1, 0.15) is 0 Å². The van der Waals surface area contributed by atoms with Gasteiger partial charge in [-0.1, -0.05) is 0 Å². The van der Waals surface area contributed by atoms with Crippen LogP contribution in [-0.4, -0.2) is 74.7 Å². The summed E-state index contributed by atoms with van der Waals surface area (Å²) in [5, 5.41) is 2.73. The number of hydrogen-bond acceptors (Lipinski definition) is 8. The van der Waals surface area contributed by atoms with Crippen LogP contribution in [0.15, 0.2) is 22.0 Å². The summed E-state index contributed by atoms with van der Waals surface area (Å²) in [4.78, 5) is 62.8. The summed E-state index contributed by atoms with van der Waals surface area (Å²) in [6.07, 6.45) is 3.10. The van der Waals surface area contributed by atoms with Crippen molar-refractivity contribution in [2.45, 2.75) is 31.6 Å². The van der Waals surface area contributed by atoms with Crippen molar-refractivity contribution in [1.82, 2.24) is 29.7 Å². The topological polar surface area (TPSA) is 133 Å². The minimum atomic E-state index is -0.496. The monoisotopic (exact) mass is 491 g/mol. The van der Waals surface area contributed by atoms with E-state index in [9.17, 15) is 23.6 Å². The molecule has 2 amide bonds. The van der Waals surface area contributed by atoms with E-state index in [1.807, 2.05) is 4.90 Å². The van der Waals surface area contributed by atoms with Gasteiger partial charge in [-0.25, -0.2) is 19.2 Å². The fourth-order valence-electron chi connectivity index (χ4n) is 4.06. The molecule has 34 heavy (non-hydrogen) atoms. The van der Waals surface area contributed by atoms with Crippen molar-refractivity contribution >= 4 is 29.5 Å². The number of fused-ring (bicyclic) bond motifs is 1. The summed E-state index contributed by atoms with van der Waals surface area (Å²) in [6.45, 7) is 2.45. The Labute approximate surface area is 198 Å². The Morgan fingerprint density at radius 2 is 1.85 bits per heavy atom. The normalized spacial score (nSPS) is 15.7. The molecule has 2 N–H and O–H groups in total. The average Bonchev–Trinajstić information content (AvgIpc) is 2.84. The number of H-pyrrole nitrogens is 1. The molecule has 0 spiro atoms. The molecule has 0 aliphatic carbocycles. The van der Waals surface area contributed by atoms with Gasteiger partial charge >= 0.3 is 5.69 Å². The number of nitrogens with zero attached hydrogens (tertiary/aromatic N) is 5. The summed E-state index contributed by atoms with van der Waals surface area (Å²) >= 11 is 1.64. The second-order valence-corrected chi connectivity index (χ2v) is 9.16. The summed E-state index contributed by atoms with van der Waals surface area (Å²) in [6, 6.07) is 0. The van der Waals surface area contributed by atoms with Gasteiger partial charge in [-0.3, -0.25) is 23.9 Å². The number of anilines is 1. The largest absolute Gasteiger partial charge is 0.356 e. The molecule has 0 unspecified atom stereocenters. The van der Waals surface area contributed by atoms with Crippen molar-refractivity contribution in [3.05, 3.63) is 50.3 Å². The zero-order valence-corrected chi connectivity index (χ0v) is 19.4. The summed E-state index contributed by atoms with van der Waals surface area (Å²) in [5.41, 5.74) is 0.467. The summed E-state index contributed by atoms with van der Waals surface area (Å²) in [7, 11) is 0. The molecule has 2 aliphatic heterocycles. The smallest absolute Gasteiger partial charge is 0.328 e. The standard InChI is InChI=1S/C21H26FN7O4S/c22-14-11-24-20(25-12-14)28-8-6-27(7-9-28)18(31)1-4-23-17(30)2-5-29-16-3-10-34-13-15(16)19(32)26-21(29)33/h11-12H,1-10,13H2,(H,23,30)(H,26,32,33). The molecule has 11 nitrogen and oxygen atoms in total. The fourth-order valence-corrected chi connectivity index (χ4v) is 5.05. The van der Waals surface area contributed by atoms with Crippen molar-refractivity contribution in [3.8, 4) is 0 Å². The zero-order chi connectivity index (χ0) is 24.1. The first-order chi connectivity index (χ1) is 16.4. The maximum absolute atomic E-state index is 13.0. The summed E-state index contributed by atoms with van der Waals surface area (Å²) < 4.78 is 14.5. The third-order valence-electron chi connectivity index (χ3n) is 5.89. The van der Waals surface area contributed by atoms with Crippen LogP contribution in [-0.2, 0) is 28.3 Å². The van der Waals surface area contributed by atoms with E-state index in [4.69, 9.17) is 0 Å². The molecule has 0 saturated carbocycles. The highest BCUT2D eigenvalue weighted by Gasteiger charge is 2.23. The van der Waals surface area contributed by atoms with E-state index in [1.165, 1.54) is 4.57 Å². The van der Waals surface area contributed by atoms with E-state index in [-0.39, 0.29) is 43.3 Å². The van der Waals surface area contributed by atoms with Gasteiger partial charge in [-0.05, 0) is 12.2 Å². The maximum Gasteiger partial charge on any atom is 0.328 e. The molecular weight excluding hydrogens is 465 g/mol. The van der Waals surface area contributed by atoms with Gasteiger partial charge in [0.15, 0.2) is 5.82 Å². The van der Waals surface area contributed by atoms with Crippen LogP contribution < -0.4 is 21.5 Å². The van der Waals surface area contributed by atoms with E-state index in [2.05, 4.69) is 20.3 Å². The first-order valence-electron chi connectivity index (χ1n) is 11.1. The van der Waals surface area contributed by atoms with Crippen LogP contribution in [0.25, 0.3) is 0 Å². The molecule has 0 atom stereocenters. The lowest BCUT2D eigenvalue weighted by Crippen LogP contribution is -2.49. The first kappa shape index (κ1) is 23.9. The minimum absolute atomic E-state index is 0.0663. The van der Waals surface area contributed by atoms with Crippen molar-refractivity contribution in [2.75, 3.05) is 43.4 Å². The number of amides is 2. The number of thioether (sulfide) groups is 1. The lowest BCUT2D eigenvalue weighted by molar-refractivity contribution is -0.131. The van der Waals surface area contributed by atoms with Crippen molar-refractivity contribution in [2.24, 2.45) is 0 Å². The van der Waals surface area contributed by atoms with Crippen LogP contribution in [0.2, 0.25) is 0 Å². The molecule has 4 rings (SSSR count). The van der Waals surface area contributed by atoms with Crippen LogP contribution in [0.1, 0.15) is 24.1 Å². The molecule has 1 fully saturated rings. The van der Waals surface area contributed by atoms with Crippen molar-refractivity contribution in [1.29, 1.82) is 0 Å². The Bertz CT molecular complexity index is 1160. The van der Waals surface area contributed by atoms with Gasteiger partial charge in [0, 0.05) is 69.1 Å². The molecule has 4 heterocycles. The van der Waals surface area contributed by atoms with Gasteiger partial charge in [0.05, 0.1) is 12.4 Å². The molecule has 0 aromatic carbocycles. The first-order valence-corrected chi connectivity index (χ1v) is 12.3. The molecule has 0 radical (unpaired) electrons. The SMILES string of the molecule is O=C(CCn1c2c(c(=O)[nH]c1=O)CSCC2)NCCC(=O)N1CCN(c2ncc(F)cn2)CC1. The van der Waals surface area contributed by atoms with Crippen LogP contribution in [0.4, 0.5) is 10.3 Å². The number of carbonyl (C=O) groups excluding carboxylic acids is 2. The molecule has 2 aromatic rings. The van der Waals surface area contributed by atoms with E-state index < -0.39 is 11.5 Å². The van der Waals surface area contributed by atoms with Crippen LogP contribution >= 0.6 is 11.8 Å². The number of hydrogen-bond donors (Lipinski definition) is 2. The molecular formula is C21H26FN7O4S. The predicted octanol–water partition coefficient (Wildman–Crippen LogP) is -0.500. The quantitative estimate of drug-likeness (QED) is 0.530. The minimum Gasteiger partial charge on any atom is -0.356 e. The van der Waals surface area contributed by atoms with E-state index in [1.54, 1.807) is 16.7 Å². The zero-order valence-electron chi connectivity index (χ0n) is 18.6. The van der Waals surface area contributed by atoms with Crippen molar-refractivity contribution < 1.29 is 14.0 Å². The number of nitrogens with one attached hydrogen (secondary N) is 2. The third-order valence-corrected chi connectivity index (χ3v) is 6.87. The van der Waals surface area contributed by atoms with Crippen molar-refractivity contribution in [3.63, 3.8) is 0 Å². The molecule has 182 valence electrons. The maximum atomic E-state index is 13.0. The number of rotatable bonds is 7. The predicted molar refractivity (Wildman–Crippen MR) is 124 cm³/mol. The number of aromatic nitrogens is 4. The lowest BCUT2D eigenvalue weighted by Gasteiger charge is -2.34. The number of halogens is 1. The van der Waals surface area contributed by atoms with Gasteiger partial charge in [-0.15, -0.1) is 0 Å². The van der Waals surface area contributed by atoms with Gasteiger partial charge in [0.2, 0.25) is 17.8 Å². The van der Waals surface area contributed by atoms with Gasteiger partial charge < -0.3 is 15.1 Å². The Kier molecular flexibility index (Phi) is 7.60. The summed E-state index contributed by atoms with van der Waals surface area (Å²) in [5.74, 6) is 0.998. The van der Waals surface area contributed by atoms with Crippen LogP contribution in [0.3, 0.4) is 0 Å². The number of carbonyl (C=O) groups is 2. The average molecular weight is 492 g/mol. The highest BCUT2D eigenvalue weighted by atomic mass is 32.2. The fraction of sp³-hybridized carbons (Fsp3) is 0.524. The molecule has 13 heteroatoms. The van der Waals surface area contributed by atoms with Gasteiger partial charge in [-0.2, -0.15) is 11.8 Å². The molecule has 0 bridgehead atoms. The highest BCUT2D eigenvalue weighted by Crippen LogP contribution is 2.20. The van der Waals surface area contributed by atoms with Crippen LogP contribution in [0, 0.1) is 5.82 Å². The highest BCUT2D eigenvalue weighted by molar-refractivity contribution is 7.98. The second kappa shape index (κ2) is 10.8. The van der Waals surface area contributed by atoms with Gasteiger partial charge in [0.25, 0.3) is 5.56 Å². The van der Waals surface area contributed by atoms with E-state index in [0.29, 0.717) is 55.6 Å². The second-order valence-electron chi connectivity index (χ2n) is 8.06. The number of piperazine rings is 1. The lowest BCUT2D eigenvalue weighted by atomic mass is 10.2. The molecule has 2 aromatic heterocycles. The Balaban J connectivity index is 1.20. The van der Waals surface area contributed by atoms with E-state index in [0.717, 1.165) is 18.1 Å². The Morgan fingerprint density at radius 3 is 2.59 bits per heavy atom. The van der Waals surface area contributed by atoms with E-state index >= 15 is 0 Å². The Morgan fingerprint density at radius 1 is 1.12 bits per heavy atom.